The van der Waals surface area contributed by atoms with Crippen LogP contribution in [0.1, 0.15) is 11.1 Å². The number of amides is 1. The van der Waals surface area contributed by atoms with Crippen molar-refractivity contribution >= 4 is 41.5 Å². The molecule has 2 aromatic rings. The van der Waals surface area contributed by atoms with Crippen molar-refractivity contribution in [3.63, 3.8) is 0 Å². The fraction of sp³-hybridized carbons (Fsp3) is 0.300. The molecule has 8 heteroatoms. The summed E-state index contributed by atoms with van der Waals surface area (Å²) in [7, 11) is 5.03. The zero-order valence-electron chi connectivity index (χ0n) is 16.3. The Kier molecular flexibility index (Phi) is 10.3. The van der Waals surface area contributed by atoms with Gasteiger partial charge in [-0.2, -0.15) is 0 Å². The monoisotopic (exact) mass is 498 g/mol. The Morgan fingerprint density at radius 1 is 1.18 bits per heavy atom. The van der Waals surface area contributed by atoms with Gasteiger partial charge in [-0.05, 0) is 23.8 Å². The number of nitrogens with one attached hydrogen (secondary N) is 1. The second kappa shape index (κ2) is 12.2. The molecule has 0 heterocycles. The fourth-order valence-corrected chi connectivity index (χ4v) is 2.29. The van der Waals surface area contributed by atoms with Crippen LogP contribution in [0.5, 0.6) is 5.75 Å². The highest BCUT2D eigenvalue weighted by atomic mass is 127. The lowest BCUT2D eigenvalue weighted by molar-refractivity contribution is -0.130. The quantitative estimate of drug-likeness (QED) is 0.332. The van der Waals surface area contributed by atoms with Crippen molar-refractivity contribution in [2.24, 2.45) is 10.7 Å². The van der Waals surface area contributed by atoms with Gasteiger partial charge in [-0.1, -0.05) is 30.3 Å². The van der Waals surface area contributed by atoms with Gasteiger partial charge in [-0.3, -0.25) is 4.79 Å². The number of aliphatic imine (C=N–C) groups is 1. The number of halogens is 1. The first-order valence-corrected chi connectivity index (χ1v) is 8.55. The number of rotatable bonds is 8. The Morgan fingerprint density at radius 2 is 1.93 bits per heavy atom. The molecule has 0 aromatic heterocycles. The first kappa shape index (κ1) is 23.7. The van der Waals surface area contributed by atoms with Crippen molar-refractivity contribution in [2.45, 2.75) is 13.2 Å². The summed E-state index contributed by atoms with van der Waals surface area (Å²) in [5.74, 6) is 0.837. The van der Waals surface area contributed by atoms with Gasteiger partial charge < -0.3 is 25.4 Å². The second-order valence-electron chi connectivity index (χ2n) is 6.14. The normalized spacial score (nSPS) is 10.8. The van der Waals surface area contributed by atoms with Gasteiger partial charge in [0.25, 0.3) is 5.91 Å². The number of methoxy groups -OCH3 is 1. The SMILES string of the molecule is COCc1ccccc1NC(N)=NCc1cccc(OCC(=O)N(C)C)c1.I. The average Bonchev–Trinajstić information content (AvgIpc) is 2.66. The second-order valence-corrected chi connectivity index (χ2v) is 6.14. The molecule has 2 aromatic carbocycles. The lowest BCUT2D eigenvalue weighted by atomic mass is 10.2. The summed E-state index contributed by atoms with van der Waals surface area (Å²) < 4.78 is 10.7. The molecule has 0 unspecified atom stereocenters. The highest BCUT2D eigenvalue weighted by molar-refractivity contribution is 14.0. The third kappa shape index (κ3) is 7.73. The maximum atomic E-state index is 11.6. The Labute approximate surface area is 182 Å². The molecular formula is C20H27IN4O3. The van der Waals surface area contributed by atoms with Gasteiger partial charge in [0.2, 0.25) is 0 Å². The number of nitrogens with two attached hydrogens (primary N) is 1. The smallest absolute Gasteiger partial charge is 0.259 e. The van der Waals surface area contributed by atoms with Gasteiger partial charge in [0, 0.05) is 32.5 Å². The van der Waals surface area contributed by atoms with Crippen molar-refractivity contribution in [3.8, 4) is 5.75 Å². The van der Waals surface area contributed by atoms with E-state index in [1.165, 1.54) is 4.90 Å². The Balaban J connectivity index is 0.00000392. The molecule has 0 atom stereocenters. The highest BCUT2D eigenvalue weighted by Crippen LogP contribution is 2.16. The minimum absolute atomic E-state index is 0. The van der Waals surface area contributed by atoms with Gasteiger partial charge in [0.05, 0.1) is 13.2 Å². The van der Waals surface area contributed by atoms with Crippen molar-refractivity contribution in [1.82, 2.24) is 4.90 Å². The lowest BCUT2D eigenvalue weighted by Crippen LogP contribution is -2.27. The third-order valence-electron chi connectivity index (χ3n) is 3.77. The summed E-state index contributed by atoms with van der Waals surface area (Å²) in [6.07, 6.45) is 0. The predicted octanol–water partition coefficient (Wildman–Crippen LogP) is 2.84. The molecule has 2 rings (SSSR count). The molecule has 1 amide bonds. The molecule has 3 N–H and O–H groups in total. The maximum Gasteiger partial charge on any atom is 0.259 e. The van der Waals surface area contributed by atoms with Crippen molar-refractivity contribution in [3.05, 3.63) is 59.7 Å². The van der Waals surface area contributed by atoms with E-state index in [1.807, 2.05) is 42.5 Å². The number of benzene rings is 2. The van der Waals surface area contributed by atoms with Gasteiger partial charge >= 0.3 is 0 Å². The van der Waals surface area contributed by atoms with Gasteiger partial charge in [-0.25, -0.2) is 4.99 Å². The summed E-state index contributed by atoms with van der Waals surface area (Å²) >= 11 is 0. The van der Waals surface area contributed by atoms with E-state index in [-0.39, 0.29) is 36.5 Å². The van der Waals surface area contributed by atoms with E-state index in [0.29, 0.717) is 24.9 Å². The van der Waals surface area contributed by atoms with Gasteiger partial charge in [-0.15, -0.1) is 24.0 Å². The summed E-state index contributed by atoms with van der Waals surface area (Å²) in [5, 5.41) is 3.10. The van der Waals surface area contributed by atoms with Gasteiger partial charge in [0.1, 0.15) is 5.75 Å². The fourth-order valence-electron chi connectivity index (χ4n) is 2.29. The topological polar surface area (TPSA) is 89.2 Å². The Hall–Kier alpha value is -2.33. The van der Waals surface area contributed by atoms with Gasteiger partial charge in [0.15, 0.2) is 12.6 Å². The van der Waals surface area contributed by atoms with Crippen molar-refractivity contribution < 1.29 is 14.3 Å². The van der Waals surface area contributed by atoms with Crippen LogP contribution in [-0.4, -0.2) is 44.6 Å². The molecule has 0 aliphatic carbocycles. The Morgan fingerprint density at radius 3 is 2.64 bits per heavy atom. The molecular weight excluding hydrogens is 471 g/mol. The molecule has 0 fully saturated rings. The van der Waals surface area contributed by atoms with Crippen LogP contribution in [0.3, 0.4) is 0 Å². The predicted molar refractivity (Wildman–Crippen MR) is 122 cm³/mol. The number of nitrogens with zero attached hydrogens (tertiary/aromatic N) is 2. The summed E-state index contributed by atoms with van der Waals surface area (Å²) in [6, 6.07) is 15.2. The molecule has 7 nitrogen and oxygen atoms in total. The number of anilines is 1. The number of ether oxygens (including phenoxy) is 2. The number of guanidine groups is 1. The minimum Gasteiger partial charge on any atom is -0.484 e. The summed E-state index contributed by atoms with van der Waals surface area (Å²) in [6.45, 7) is 0.880. The minimum atomic E-state index is -0.0957. The molecule has 28 heavy (non-hydrogen) atoms. The molecule has 152 valence electrons. The van der Waals surface area contributed by atoms with Crippen LogP contribution in [-0.2, 0) is 22.7 Å². The first-order valence-electron chi connectivity index (χ1n) is 8.55. The molecule has 0 saturated carbocycles. The van der Waals surface area contributed by atoms with Crippen molar-refractivity contribution in [1.29, 1.82) is 0 Å². The summed E-state index contributed by atoms with van der Waals surface area (Å²) in [4.78, 5) is 17.5. The number of likely N-dealkylation sites (N-methyl/N-ethyl adjacent to an activating group) is 1. The number of hydrogen-bond acceptors (Lipinski definition) is 4. The summed E-state index contributed by atoms with van der Waals surface area (Å²) in [5.41, 5.74) is 8.80. The van der Waals surface area contributed by atoms with E-state index in [2.05, 4.69) is 10.3 Å². The van der Waals surface area contributed by atoms with Crippen LogP contribution in [0.15, 0.2) is 53.5 Å². The Bertz CT molecular complexity index is 797. The number of carbonyl (C=O) groups is 1. The molecule has 0 saturated heterocycles. The number of carbonyl (C=O) groups excluding carboxylic acids is 1. The van der Waals surface area contributed by atoms with Crippen LogP contribution in [0.2, 0.25) is 0 Å². The van der Waals surface area contributed by atoms with E-state index >= 15 is 0 Å². The van der Waals surface area contributed by atoms with E-state index in [1.54, 1.807) is 27.3 Å². The zero-order chi connectivity index (χ0) is 19.6. The molecule has 0 aliphatic heterocycles. The highest BCUT2D eigenvalue weighted by Gasteiger charge is 2.06. The average molecular weight is 498 g/mol. The van der Waals surface area contributed by atoms with E-state index in [4.69, 9.17) is 15.2 Å². The van der Waals surface area contributed by atoms with E-state index < -0.39 is 0 Å². The lowest BCUT2D eigenvalue weighted by Gasteiger charge is -2.12. The van der Waals surface area contributed by atoms with Crippen LogP contribution in [0.25, 0.3) is 0 Å². The first-order chi connectivity index (χ1) is 13.0. The maximum absolute atomic E-state index is 11.6. The standard InChI is InChI=1S/C20H26N4O3.HI/c1-24(2)19(25)14-27-17-9-6-7-15(11-17)12-22-20(21)23-18-10-5-4-8-16(18)13-26-3;/h4-11H,12-14H2,1-3H3,(H3,21,22,23);1H. The molecule has 0 aliphatic rings. The van der Waals surface area contributed by atoms with Crippen LogP contribution >= 0.6 is 24.0 Å². The largest absolute Gasteiger partial charge is 0.484 e. The van der Waals surface area contributed by atoms with Crippen LogP contribution in [0, 0.1) is 0 Å². The van der Waals surface area contributed by atoms with Crippen LogP contribution < -0.4 is 15.8 Å². The van der Waals surface area contributed by atoms with Crippen molar-refractivity contribution in [2.75, 3.05) is 33.1 Å². The molecule has 0 bridgehead atoms. The molecule has 0 radical (unpaired) electrons. The van der Waals surface area contributed by atoms with E-state index in [0.717, 1.165) is 16.8 Å². The van der Waals surface area contributed by atoms with Crippen LogP contribution in [0.4, 0.5) is 5.69 Å². The zero-order valence-corrected chi connectivity index (χ0v) is 18.7. The van der Waals surface area contributed by atoms with E-state index in [9.17, 15) is 4.79 Å². The molecule has 0 spiro atoms. The number of para-hydroxylation sites is 1. The third-order valence-corrected chi connectivity index (χ3v) is 3.77. The number of hydrogen-bond donors (Lipinski definition) is 2.